The van der Waals surface area contributed by atoms with Crippen LogP contribution in [0, 0.1) is 0 Å². The molecule has 0 saturated carbocycles. The highest BCUT2D eigenvalue weighted by Gasteiger charge is 2.27. The fourth-order valence-electron chi connectivity index (χ4n) is 11.4. The molecule has 0 saturated heterocycles. The molecule has 0 bridgehead atoms. The lowest BCUT2D eigenvalue weighted by Crippen LogP contribution is -2.47. The van der Waals surface area contributed by atoms with Crippen LogP contribution >= 0.6 is 7.82 Å². The normalized spacial score (nSPS) is 13.9. The molecule has 0 rings (SSSR count). The van der Waals surface area contributed by atoms with Crippen molar-refractivity contribution in [3.63, 3.8) is 0 Å². The summed E-state index contributed by atoms with van der Waals surface area (Å²) in [5.41, 5.74) is 0. The fourth-order valence-corrected chi connectivity index (χ4v) is 12.1. The average molecular weight is 1290 g/mol. The molecular weight excluding hydrogens is 1140 g/mol. The molecule has 0 aliphatic carbocycles. The number of ether oxygens (including phenoxy) is 1. The third-order valence-corrected chi connectivity index (χ3v) is 18.3. The van der Waals surface area contributed by atoms with Crippen molar-refractivity contribution >= 4 is 19.7 Å². The van der Waals surface area contributed by atoms with Gasteiger partial charge < -0.3 is 28.5 Å². The Labute approximate surface area is 565 Å². The van der Waals surface area contributed by atoms with Crippen molar-refractivity contribution in [3.05, 3.63) is 85.1 Å². The molecule has 0 heterocycles. The minimum absolute atomic E-state index is 0.0261. The van der Waals surface area contributed by atoms with Gasteiger partial charge in [-0.1, -0.05) is 357 Å². The molecule has 0 fully saturated rings. The first-order valence-corrected chi connectivity index (χ1v) is 40.4. The van der Waals surface area contributed by atoms with Gasteiger partial charge in [0.1, 0.15) is 19.3 Å². The van der Waals surface area contributed by atoms with Gasteiger partial charge in [-0.25, -0.2) is 0 Å². The van der Waals surface area contributed by atoms with Crippen LogP contribution in [0.25, 0.3) is 0 Å². The Morgan fingerprint density at radius 1 is 0.396 bits per heavy atom. The van der Waals surface area contributed by atoms with Crippen LogP contribution in [-0.2, 0) is 27.9 Å². The van der Waals surface area contributed by atoms with Crippen molar-refractivity contribution in [3.8, 4) is 0 Å². The van der Waals surface area contributed by atoms with Crippen molar-refractivity contribution in [2.45, 2.75) is 380 Å². The lowest BCUT2D eigenvalue weighted by atomic mass is 10.0. The highest BCUT2D eigenvalue weighted by Crippen LogP contribution is 2.38. The number of unbranched alkanes of at least 4 members (excludes halogenated alkanes) is 43. The number of amides is 1. The summed E-state index contributed by atoms with van der Waals surface area (Å²) in [6.07, 6.45) is 94.4. The number of carbonyl (C=O) groups excluding carboxylic acids is 2. The van der Waals surface area contributed by atoms with Crippen LogP contribution < -0.4 is 10.2 Å². The van der Waals surface area contributed by atoms with E-state index < -0.39 is 26.6 Å². The van der Waals surface area contributed by atoms with Crippen LogP contribution in [0.2, 0.25) is 0 Å². The number of rotatable bonds is 71. The van der Waals surface area contributed by atoms with Crippen LogP contribution in [0.3, 0.4) is 0 Å². The van der Waals surface area contributed by atoms with Gasteiger partial charge in [-0.05, 0) is 83.1 Å². The molecule has 0 aromatic carbocycles. The molecule has 0 aromatic heterocycles. The molecule has 1 amide bonds. The van der Waals surface area contributed by atoms with Gasteiger partial charge in [-0.2, -0.15) is 0 Å². The summed E-state index contributed by atoms with van der Waals surface area (Å²) in [5.74, 6) is -0.545. The standard InChI is InChI=1S/C81H149N2O7P/c1-7-10-13-16-19-22-25-28-30-32-34-36-38-40-41-43-44-46-48-50-52-55-58-61-64-67-70-73-80(84)82-78(77-89-91(86,87)88-76-75-83(4,5)6)79(72-69-66-63-60-57-54-27-24-21-18-15-12-9-3)90-81(85)74-71-68-65-62-59-56-53-51-49-47-45-42-39-37-35-33-31-29-26-23-20-17-14-11-8-2/h11,14,20,23,29,31,35,37,42,45,49,51,69,72,78-79H,7-10,12-13,15-19,21-22,24-28,30,32-34,36,38-41,43-44,46-48,50,52-68,70-71,73-77H2,1-6H3,(H-,82,84,86,87)/b14-11-,23-20-,31-29-,37-35-,45-42-,51-49-,72-69+. The zero-order valence-electron chi connectivity index (χ0n) is 60.8. The number of hydrogen-bond acceptors (Lipinski definition) is 7. The van der Waals surface area contributed by atoms with Crippen LogP contribution in [0.15, 0.2) is 85.1 Å². The second kappa shape index (κ2) is 70.0. The zero-order chi connectivity index (χ0) is 66.3. The fraction of sp³-hybridized carbons (Fsp3) is 0.802. The van der Waals surface area contributed by atoms with E-state index in [4.69, 9.17) is 13.8 Å². The molecule has 1 N–H and O–H groups in total. The van der Waals surface area contributed by atoms with Crippen LogP contribution in [-0.4, -0.2) is 69.4 Å². The summed E-state index contributed by atoms with van der Waals surface area (Å²) in [4.78, 5) is 40.3. The van der Waals surface area contributed by atoms with E-state index in [9.17, 15) is 19.0 Å². The maximum absolute atomic E-state index is 13.7. The number of carbonyl (C=O) groups is 2. The minimum Gasteiger partial charge on any atom is -0.756 e. The molecule has 9 nitrogen and oxygen atoms in total. The van der Waals surface area contributed by atoms with E-state index in [0.717, 1.165) is 116 Å². The van der Waals surface area contributed by atoms with Crippen molar-refractivity contribution in [2.24, 2.45) is 0 Å². The predicted molar refractivity (Wildman–Crippen MR) is 395 cm³/mol. The minimum atomic E-state index is -4.72. The van der Waals surface area contributed by atoms with Crippen LogP contribution in [0.4, 0.5) is 0 Å². The monoisotopic (exact) mass is 1290 g/mol. The molecule has 530 valence electrons. The van der Waals surface area contributed by atoms with E-state index in [-0.39, 0.29) is 24.9 Å². The lowest BCUT2D eigenvalue weighted by molar-refractivity contribution is -0.870. The van der Waals surface area contributed by atoms with Gasteiger partial charge in [-0.3, -0.25) is 14.2 Å². The Hall–Kier alpha value is -2.81. The first-order chi connectivity index (χ1) is 44.4. The second-order valence-corrected chi connectivity index (χ2v) is 28.9. The molecule has 0 spiro atoms. The maximum Gasteiger partial charge on any atom is 0.306 e. The first-order valence-electron chi connectivity index (χ1n) is 38.9. The number of phosphoric ester groups is 1. The summed E-state index contributed by atoms with van der Waals surface area (Å²) in [6.45, 7) is 6.77. The van der Waals surface area contributed by atoms with Gasteiger partial charge >= 0.3 is 5.97 Å². The largest absolute Gasteiger partial charge is 0.756 e. The van der Waals surface area contributed by atoms with Gasteiger partial charge in [0.05, 0.1) is 33.8 Å². The summed E-state index contributed by atoms with van der Waals surface area (Å²) in [5, 5.41) is 3.05. The molecule has 3 atom stereocenters. The average Bonchev–Trinajstić information content (AvgIpc) is 3.70. The highest BCUT2D eigenvalue weighted by atomic mass is 31.2. The lowest BCUT2D eigenvalue weighted by Gasteiger charge is -2.30. The maximum atomic E-state index is 13.7. The topological polar surface area (TPSA) is 114 Å². The molecule has 91 heavy (non-hydrogen) atoms. The summed E-state index contributed by atoms with van der Waals surface area (Å²) in [6, 6.07) is -0.899. The number of nitrogens with one attached hydrogen (secondary N) is 1. The van der Waals surface area contributed by atoms with Crippen LogP contribution in [0.1, 0.15) is 367 Å². The number of quaternary nitrogens is 1. The Morgan fingerprint density at radius 3 is 1.05 bits per heavy atom. The first kappa shape index (κ1) is 88.2. The zero-order valence-corrected chi connectivity index (χ0v) is 61.7. The number of hydrogen-bond donors (Lipinski definition) is 1. The van der Waals surface area contributed by atoms with E-state index in [1.807, 2.05) is 33.3 Å². The molecule has 3 unspecified atom stereocenters. The van der Waals surface area contributed by atoms with Gasteiger partial charge in [0.25, 0.3) is 7.82 Å². The molecule has 10 heteroatoms. The third kappa shape index (κ3) is 71.3. The van der Waals surface area contributed by atoms with Crippen LogP contribution in [0.5, 0.6) is 0 Å². The number of esters is 1. The molecule has 0 aliphatic rings. The Morgan fingerprint density at radius 2 is 0.703 bits per heavy atom. The van der Waals surface area contributed by atoms with E-state index >= 15 is 0 Å². The number of phosphoric acid groups is 1. The van der Waals surface area contributed by atoms with Gasteiger partial charge in [0.15, 0.2) is 0 Å². The molecule has 0 radical (unpaired) electrons. The second-order valence-electron chi connectivity index (χ2n) is 27.5. The number of likely N-dealkylation sites (N-methyl/N-ethyl adjacent to an activating group) is 1. The summed E-state index contributed by atoms with van der Waals surface area (Å²) >= 11 is 0. The Balaban J connectivity index is 5.01. The molecule has 0 aliphatic heterocycles. The Kier molecular flexibility index (Phi) is 67.8. The summed E-state index contributed by atoms with van der Waals surface area (Å²) in [7, 11) is 1.18. The van der Waals surface area contributed by atoms with Crippen molar-refractivity contribution in [1.29, 1.82) is 0 Å². The third-order valence-electron chi connectivity index (χ3n) is 17.3. The van der Waals surface area contributed by atoms with Gasteiger partial charge in [0, 0.05) is 12.8 Å². The van der Waals surface area contributed by atoms with Crippen molar-refractivity contribution in [2.75, 3.05) is 40.9 Å². The van der Waals surface area contributed by atoms with Crippen molar-refractivity contribution in [1.82, 2.24) is 5.32 Å². The predicted octanol–water partition coefficient (Wildman–Crippen LogP) is 24.6. The number of nitrogens with zero attached hydrogens (tertiary/aromatic N) is 1. The molecular formula is C81H149N2O7P. The van der Waals surface area contributed by atoms with Gasteiger partial charge in [0.2, 0.25) is 5.91 Å². The van der Waals surface area contributed by atoms with E-state index in [1.165, 1.54) is 212 Å². The van der Waals surface area contributed by atoms with E-state index in [0.29, 0.717) is 23.9 Å². The smallest absolute Gasteiger partial charge is 0.306 e. The van der Waals surface area contributed by atoms with Crippen molar-refractivity contribution < 1.29 is 37.3 Å². The summed E-state index contributed by atoms with van der Waals surface area (Å²) < 4.78 is 30.5. The highest BCUT2D eigenvalue weighted by molar-refractivity contribution is 7.45. The van der Waals surface area contributed by atoms with Gasteiger partial charge in [-0.15, -0.1) is 0 Å². The molecule has 0 aromatic rings. The Bertz CT molecular complexity index is 1830. The quantitative estimate of drug-likeness (QED) is 0.0212. The van der Waals surface area contributed by atoms with E-state index in [2.05, 4.69) is 99.0 Å². The number of allylic oxidation sites excluding steroid dienone is 13. The SMILES string of the molecule is CC/C=C\C/C=C\C/C=C\C/C=C\C/C=C\C/C=C\CCCCCCCCC(=O)OC(/C=C/CCCCCCCCCCCCC)C(COP(=O)([O-])OCC[N+](C)(C)C)NC(=O)CCCCCCCCCCCCCCCCCCCCCCCCCCCCC. The van der Waals surface area contributed by atoms with E-state index in [1.54, 1.807) is 0 Å².